The van der Waals surface area contributed by atoms with Gasteiger partial charge in [-0.05, 0) is 51.1 Å². The Bertz CT molecular complexity index is 157. The first kappa shape index (κ1) is 9.47. The van der Waals surface area contributed by atoms with E-state index in [2.05, 4.69) is 5.32 Å². The molecule has 1 aliphatic heterocycles. The lowest BCUT2D eigenvalue weighted by molar-refractivity contribution is 0.0177. The fourth-order valence-corrected chi connectivity index (χ4v) is 2.86. The third-order valence-electron chi connectivity index (χ3n) is 3.66. The minimum Gasteiger partial charge on any atom is -0.390 e. The van der Waals surface area contributed by atoms with Crippen LogP contribution in [-0.4, -0.2) is 23.8 Å². The Kier molecular flexibility index (Phi) is 2.89. The highest BCUT2D eigenvalue weighted by Crippen LogP contribution is 2.36. The van der Waals surface area contributed by atoms with Crippen LogP contribution in [0.25, 0.3) is 0 Å². The Balaban J connectivity index is 1.81. The lowest BCUT2D eigenvalue weighted by Crippen LogP contribution is -2.34. The van der Waals surface area contributed by atoms with Crippen LogP contribution in [-0.2, 0) is 0 Å². The van der Waals surface area contributed by atoms with E-state index in [0.717, 1.165) is 38.3 Å². The van der Waals surface area contributed by atoms with E-state index in [1.165, 1.54) is 25.7 Å². The molecule has 1 saturated heterocycles. The van der Waals surface area contributed by atoms with Crippen LogP contribution in [0.15, 0.2) is 0 Å². The van der Waals surface area contributed by atoms with E-state index in [-0.39, 0.29) is 5.60 Å². The quantitative estimate of drug-likeness (QED) is 0.682. The summed E-state index contributed by atoms with van der Waals surface area (Å²) < 4.78 is 0. The molecule has 0 spiro atoms. The van der Waals surface area contributed by atoms with Gasteiger partial charge in [0.15, 0.2) is 0 Å². The minimum atomic E-state index is -0.276. The van der Waals surface area contributed by atoms with Crippen LogP contribution < -0.4 is 5.32 Å². The molecule has 2 N–H and O–H groups in total. The standard InChI is InChI=1S/C11H21NO/c13-11(5-1-2-6-11)9-10-3-7-12-8-4-10/h10,12-13H,1-9H2. The van der Waals surface area contributed by atoms with Crippen LogP contribution in [0.3, 0.4) is 0 Å². The van der Waals surface area contributed by atoms with Gasteiger partial charge >= 0.3 is 0 Å². The summed E-state index contributed by atoms with van der Waals surface area (Å²) in [5.41, 5.74) is -0.276. The summed E-state index contributed by atoms with van der Waals surface area (Å²) in [6.45, 7) is 2.31. The Morgan fingerprint density at radius 1 is 1.15 bits per heavy atom. The topological polar surface area (TPSA) is 32.3 Å². The number of rotatable bonds is 2. The van der Waals surface area contributed by atoms with E-state index >= 15 is 0 Å². The molecule has 1 aliphatic carbocycles. The van der Waals surface area contributed by atoms with E-state index in [0.29, 0.717) is 0 Å². The Hall–Kier alpha value is -0.0800. The normalized spacial score (nSPS) is 29.3. The monoisotopic (exact) mass is 183 g/mol. The van der Waals surface area contributed by atoms with Crippen molar-refractivity contribution in [1.82, 2.24) is 5.32 Å². The van der Waals surface area contributed by atoms with Crippen LogP contribution in [0.1, 0.15) is 44.9 Å². The van der Waals surface area contributed by atoms with Gasteiger partial charge in [0.1, 0.15) is 0 Å². The van der Waals surface area contributed by atoms with Crippen LogP contribution in [0.2, 0.25) is 0 Å². The van der Waals surface area contributed by atoms with Gasteiger partial charge in [0.2, 0.25) is 0 Å². The smallest absolute Gasteiger partial charge is 0.0650 e. The van der Waals surface area contributed by atoms with Crippen molar-refractivity contribution in [2.45, 2.75) is 50.5 Å². The number of hydrogen-bond donors (Lipinski definition) is 2. The zero-order valence-electron chi connectivity index (χ0n) is 8.39. The van der Waals surface area contributed by atoms with E-state index < -0.39 is 0 Å². The minimum absolute atomic E-state index is 0.276. The number of aliphatic hydroxyl groups is 1. The molecule has 2 heteroatoms. The highest BCUT2D eigenvalue weighted by Gasteiger charge is 2.33. The molecule has 2 rings (SSSR count). The number of piperidine rings is 1. The molecule has 0 aromatic carbocycles. The first-order chi connectivity index (χ1) is 6.29. The van der Waals surface area contributed by atoms with Crippen LogP contribution >= 0.6 is 0 Å². The van der Waals surface area contributed by atoms with E-state index in [1.807, 2.05) is 0 Å². The molecule has 0 atom stereocenters. The van der Waals surface area contributed by atoms with E-state index in [1.54, 1.807) is 0 Å². The van der Waals surface area contributed by atoms with Gasteiger partial charge in [0.25, 0.3) is 0 Å². The molecule has 0 bridgehead atoms. The Morgan fingerprint density at radius 2 is 1.77 bits per heavy atom. The summed E-state index contributed by atoms with van der Waals surface area (Å²) in [6, 6.07) is 0. The third kappa shape index (κ3) is 2.44. The fraction of sp³-hybridized carbons (Fsp3) is 1.00. The molecule has 1 heterocycles. The van der Waals surface area contributed by atoms with Crippen molar-refractivity contribution in [3.05, 3.63) is 0 Å². The molecule has 76 valence electrons. The zero-order chi connectivity index (χ0) is 9.15. The molecule has 2 fully saturated rings. The second kappa shape index (κ2) is 3.97. The largest absolute Gasteiger partial charge is 0.390 e. The van der Waals surface area contributed by atoms with Crippen molar-refractivity contribution in [2.24, 2.45) is 5.92 Å². The van der Waals surface area contributed by atoms with Gasteiger partial charge < -0.3 is 10.4 Å². The summed E-state index contributed by atoms with van der Waals surface area (Å²) in [5.74, 6) is 0.782. The molecule has 2 nitrogen and oxygen atoms in total. The lowest BCUT2D eigenvalue weighted by Gasteiger charge is -2.30. The van der Waals surface area contributed by atoms with Gasteiger partial charge in [-0.3, -0.25) is 0 Å². The van der Waals surface area contributed by atoms with Crippen molar-refractivity contribution >= 4 is 0 Å². The average molecular weight is 183 g/mol. The first-order valence-corrected chi connectivity index (χ1v) is 5.72. The Labute approximate surface area is 80.7 Å². The predicted octanol–water partition coefficient (Wildman–Crippen LogP) is 1.68. The van der Waals surface area contributed by atoms with Crippen LogP contribution in [0, 0.1) is 5.92 Å². The molecule has 0 unspecified atom stereocenters. The van der Waals surface area contributed by atoms with Crippen molar-refractivity contribution in [3.63, 3.8) is 0 Å². The van der Waals surface area contributed by atoms with Crippen LogP contribution in [0.5, 0.6) is 0 Å². The maximum absolute atomic E-state index is 10.2. The van der Waals surface area contributed by atoms with Gasteiger partial charge in [-0.15, -0.1) is 0 Å². The second-order valence-electron chi connectivity index (χ2n) is 4.83. The average Bonchev–Trinajstić information content (AvgIpc) is 2.54. The molecular weight excluding hydrogens is 162 g/mol. The summed E-state index contributed by atoms with van der Waals surface area (Å²) >= 11 is 0. The molecule has 2 aliphatic rings. The highest BCUT2D eigenvalue weighted by atomic mass is 16.3. The number of hydrogen-bond acceptors (Lipinski definition) is 2. The maximum Gasteiger partial charge on any atom is 0.0650 e. The molecule has 0 aromatic rings. The Morgan fingerprint density at radius 3 is 2.38 bits per heavy atom. The molecule has 1 saturated carbocycles. The fourth-order valence-electron chi connectivity index (χ4n) is 2.86. The van der Waals surface area contributed by atoms with Gasteiger partial charge in [0.05, 0.1) is 5.60 Å². The summed E-state index contributed by atoms with van der Waals surface area (Å²) in [4.78, 5) is 0. The molecule has 0 aromatic heterocycles. The molecule has 0 radical (unpaired) electrons. The first-order valence-electron chi connectivity index (χ1n) is 5.72. The van der Waals surface area contributed by atoms with Crippen LogP contribution in [0.4, 0.5) is 0 Å². The molecule has 13 heavy (non-hydrogen) atoms. The van der Waals surface area contributed by atoms with Crippen molar-refractivity contribution in [1.29, 1.82) is 0 Å². The van der Waals surface area contributed by atoms with E-state index in [9.17, 15) is 5.11 Å². The van der Waals surface area contributed by atoms with Crippen molar-refractivity contribution in [3.8, 4) is 0 Å². The molecule has 0 amide bonds. The SMILES string of the molecule is OC1(CC2CCNCC2)CCCC1. The summed E-state index contributed by atoms with van der Waals surface area (Å²) in [7, 11) is 0. The highest BCUT2D eigenvalue weighted by molar-refractivity contribution is 4.87. The van der Waals surface area contributed by atoms with Crippen molar-refractivity contribution in [2.75, 3.05) is 13.1 Å². The second-order valence-corrected chi connectivity index (χ2v) is 4.83. The van der Waals surface area contributed by atoms with E-state index in [4.69, 9.17) is 0 Å². The van der Waals surface area contributed by atoms with Gasteiger partial charge in [-0.25, -0.2) is 0 Å². The summed E-state index contributed by atoms with van der Waals surface area (Å²) in [5, 5.41) is 13.6. The number of nitrogens with one attached hydrogen (secondary N) is 1. The van der Waals surface area contributed by atoms with Gasteiger partial charge in [-0.2, -0.15) is 0 Å². The van der Waals surface area contributed by atoms with Gasteiger partial charge in [-0.1, -0.05) is 12.8 Å². The summed E-state index contributed by atoms with van der Waals surface area (Å²) in [6.07, 6.45) is 8.18. The zero-order valence-corrected chi connectivity index (χ0v) is 8.39. The lowest BCUT2D eigenvalue weighted by atomic mass is 9.84. The maximum atomic E-state index is 10.2. The predicted molar refractivity (Wildman–Crippen MR) is 53.6 cm³/mol. The van der Waals surface area contributed by atoms with Crippen molar-refractivity contribution < 1.29 is 5.11 Å². The molecular formula is C11H21NO. The van der Waals surface area contributed by atoms with Gasteiger partial charge in [0, 0.05) is 0 Å². The third-order valence-corrected chi connectivity index (χ3v) is 3.66.